The van der Waals surface area contributed by atoms with Crippen molar-refractivity contribution in [1.82, 2.24) is 0 Å². The molecule has 0 N–H and O–H groups in total. The fourth-order valence-corrected chi connectivity index (χ4v) is 11.3. The first-order chi connectivity index (χ1) is 29.8. The van der Waals surface area contributed by atoms with Gasteiger partial charge >= 0.3 is 0 Å². The van der Waals surface area contributed by atoms with Crippen LogP contribution in [0.3, 0.4) is 0 Å². The first-order valence-corrected chi connectivity index (χ1v) is 22.4. The van der Waals surface area contributed by atoms with Gasteiger partial charge in [0.05, 0.1) is 26.7 Å². The van der Waals surface area contributed by atoms with Crippen molar-refractivity contribution in [2.45, 2.75) is 104 Å². The van der Waals surface area contributed by atoms with E-state index in [1.54, 1.807) is 0 Å². The van der Waals surface area contributed by atoms with Crippen molar-refractivity contribution in [2.24, 2.45) is 0 Å². The summed E-state index contributed by atoms with van der Waals surface area (Å²) in [6.07, 6.45) is -2.66. The van der Waals surface area contributed by atoms with Gasteiger partial charge in [0, 0.05) is 104 Å². The number of hydrogen-bond donors (Lipinski definition) is 0. The maximum atomic E-state index is 7.42. The minimum absolute atomic E-state index is 0.326. The number of fused-ring (bicyclic) bond motifs is 3. The average molecular weight is 791 g/mol. The van der Waals surface area contributed by atoms with Gasteiger partial charge in [-0.25, -0.2) is 0 Å². The molecule has 6 rings (SSSR count). The second-order valence-corrected chi connectivity index (χ2v) is 18.9. The Labute approximate surface area is 404 Å². The SMILES string of the molecule is [B][B]B([B])B(B([B])[B])c1c(C)c(C)c(B([B])B([B])[B])c2c(-c3c(C)c(C)c(C)c4c(-c5c(C)c(C)c(C)c(C)c5C)c5c(C)c(C)c(C)c(C)c5c(C)c34)c(B([B])[B])c([B][B])c([B])c12. The van der Waals surface area contributed by atoms with Gasteiger partial charge in [-0.2, -0.15) is 0 Å². The Morgan fingerprint density at radius 3 is 1.20 bits per heavy atom. The summed E-state index contributed by atoms with van der Waals surface area (Å²) in [4.78, 5) is 0. The van der Waals surface area contributed by atoms with Crippen LogP contribution >= 0.6 is 0 Å². The molecule has 0 fully saturated rings. The van der Waals surface area contributed by atoms with Crippen LogP contribution in [0.15, 0.2) is 0 Å². The summed E-state index contributed by atoms with van der Waals surface area (Å²) >= 11 is 0. The number of benzene rings is 6. The second-order valence-electron chi connectivity index (χ2n) is 18.9. The highest BCUT2D eigenvalue weighted by Gasteiger charge is 2.36. The van der Waals surface area contributed by atoms with E-state index in [2.05, 4.69) is 90.0 Å². The fraction of sp³-hybridized carbons (Fsp3) is 0.333. The lowest BCUT2D eigenvalue weighted by molar-refractivity contribution is 1.18. The van der Waals surface area contributed by atoms with Crippen molar-refractivity contribution in [3.8, 4) is 22.3 Å². The molecule has 19 heteroatoms. The van der Waals surface area contributed by atoms with Crippen molar-refractivity contribution in [1.29, 1.82) is 0 Å². The zero-order valence-electron chi connectivity index (χ0n) is 41.0. The summed E-state index contributed by atoms with van der Waals surface area (Å²) in [5, 5.41) is 5.98. The van der Waals surface area contributed by atoms with Crippen LogP contribution in [0, 0.1) is 104 Å². The van der Waals surface area contributed by atoms with E-state index in [0.717, 1.165) is 55.2 Å². The van der Waals surface area contributed by atoms with E-state index in [0.29, 0.717) is 32.6 Å². The molecule has 24 radical (unpaired) electrons. The monoisotopic (exact) mass is 795 g/mol. The Bertz CT molecular complexity index is 2920. The molecule has 6 aromatic rings. The summed E-state index contributed by atoms with van der Waals surface area (Å²) in [5.41, 5.74) is 24.4. The molecule has 0 heterocycles. The number of aryl methyl sites for hydroxylation is 4. The van der Waals surface area contributed by atoms with Crippen molar-refractivity contribution in [3.05, 3.63) is 83.5 Å². The Kier molecular flexibility index (Phi) is 14.6. The molecule has 0 saturated heterocycles. The van der Waals surface area contributed by atoms with Crippen LogP contribution in [0.1, 0.15) is 83.5 Å². The highest BCUT2D eigenvalue weighted by atomic mass is 14.3. The predicted molar refractivity (Wildman–Crippen MR) is 308 cm³/mol. The van der Waals surface area contributed by atoms with Gasteiger partial charge in [-0.05, 0) is 231 Å². The lowest BCUT2D eigenvalue weighted by Crippen LogP contribution is -2.64. The van der Waals surface area contributed by atoms with E-state index in [-0.39, 0.29) is 0 Å². The van der Waals surface area contributed by atoms with Gasteiger partial charge in [-0.15, -0.1) is 5.46 Å². The maximum absolute atomic E-state index is 7.42. The standard InChI is InChI=1S/C45H45B19/c1-16-17(2)22(7)31(23(8)18(16)3)37-33-25(10)20(5)19(4)24(9)32(33)30(15)36-34(37)26(11)21(6)27(12)35(36)38-39-40(41(46)42(57-47)45(38)59(49)50)44(61(63(54)55)64(56)58-48)29(14)28(13)43(39)60(51)62(52)53/h1-15H3. The highest BCUT2D eigenvalue weighted by molar-refractivity contribution is 7.87. The summed E-state index contributed by atoms with van der Waals surface area (Å²) in [5.74, 6) is 0. The molecule has 0 aliphatic carbocycles. The van der Waals surface area contributed by atoms with E-state index in [1.165, 1.54) is 91.8 Å². The van der Waals surface area contributed by atoms with E-state index in [1.807, 2.05) is 13.8 Å². The van der Waals surface area contributed by atoms with Crippen LogP contribution in [0.4, 0.5) is 0 Å². The highest BCUT2D eigenvalue weighted by Crippen LogP contribution is 2.51. The van der Waals surface area contributed by atoms with Crippen molar-refractivity contribution >= 4 is 198 Å². The molecule has 64 heavy (non-hydrogen) atoms. The minimum Gasteiger partial charge on any atom is -0.111 e. The van der Waals surface area contributed by atoms with Gasteiger partial charge < -0.3 is 0 Å². The van der Waals surface area contributed by atoms with Crippen LogP contribution in [0.2, 0.25) is 0 Å². The van der Waals surface area contributed by atoms with Gasteiger partial charge in [0.15, 0.2) is 0 Å². The van der Waals surface area contributed by atoms with E-state index in [9.17, 15) is 0 Å². The zero-order valence-corrected chi connectivity index (χ0v) is 41.0. The Balaban J connectivity index is 2.18. The molecule has 0 aromatic heterocycles. The normalized spacial score (nSPS) is 11.4. The Morgan fingerprint density at radius 2 is 0.750 bits per heavy atom. The van der Waals surface area contributed by atoms with Gasteiger partial charge in [-0.3, -0.25) is 0 Å². The third-order valence-electron chi connectivity index (χ3n) is 16.0. The predicted octanol–water partition coefficient (Wildman–Crippen LogP) is 1.74. The van der Waals surface area contributed by atoms with Crippen LogP contribution in [0.5, 0.6) is 0 Å². The molecule has 0 spiro atoms. The largest absolute Gasteiger partial charge is 0.113 e. The molecule has 282 valence electrons. The molecule has 0 atom stereocenters. The molecule has 0 aliphatic rings. The molecular weight excluding hydrogens is 746 g/mol. The molecule has 0 nitrogen and oxygen atoms in total. The minimum atomic E-state index is -1.05. The first-order valence-electron chi connectivity index (χ1n) is 22.4. The van der Waals surface area contributed by atoms with Crippen LogP contribution in [-0.4, -0.2) is 138 Å². The molecule has 0 amide bonds. The fourth-order valence-electron chi connectivity index (χ4n) is 11.3. The van der Waals surface area contributed by atoms with Crippen LogP contribution in [-0.2, 0) is 0 Å². The average Bonchev–Trinajstić information content (AvgIpc) is 3.24. The van der Waals surface area contributed by atoms with E-state index in [4.69, 9.17) is 85.2 Å². The lowest BCUT2D eigenvalue weighted by Gasteiger charge is -2.36. The van der Waals surface area contributed by atoms with Gasteiger partial charge in [0.1, 0.15) is 7.85 Å². The molecule has 0 unspecified atom stereocenters. The van der Waals surface area contributed by atoms with E-state index >= 15 is 0 Å². The Morgan fingerprint density at radius 1 is 0.344 bits per heavy atom. The smallest absolute Gasteiger partial charge is 0.111 e. The second kappa shape index (κ2) is 18.4. The topological polar surface area (TPSA) is 0 Å². The number of hydrogen-bond acceptors (Lipinski definition) is 0. The van der Waals surface area contributed by atoms with Crippen LogP contribution in [0.25, 0.3) is 54.6 Å². The molecule has 6 aromatic carbocycles. The van der Waals surface area contributed by atoms with Crippen molar-refractivity contribution in [2.75, 3.05) is 0 Å². The molecule has 0 saturated carbocycles. The third kappa shape index (κ3) is 7.39. The molecule has 0 aliphatic heterocycles. The van der Waals surface area contributed by atoms with Crippen molar-refractivity contribution < 1.29 is 0 Å². The van der Waals surface area contributed by atoms with Crippen LogP contribution < -0.4 is 27.3 Å². The molecular formula is C45H45B19. The third-order valence-corrected chi connectivity index (χ3v) is 16.0. The summed E-state index contributed by atoms with van der Waals surface area (Å²) in [6.45, 7) is 30.5. The van der Waals surface area contributed by atoms with Crippen molar-refractivity contribution in [3.63, 3.8) is 0 Å². The van der Waals surface area contributed by atoms with Gasteiger partial charge in [0.2, 0.25) is 0 Å². The zero-order chi connectivity index (χ0) is 48.2. The Hall–Kier alpha value is -2.67. The maximum Gasteiger partial charge on any atom is 0.113 e. The van der Waals surface area contributed by atoms with Gasteiger partial charge in [-0.1, -0.05) is 33.0 Å². The molecule has 0 bridgehead atoms. The first kappa shape index (κ1) is 50.7. The summed E-state index contributed by atoms with van der Waals surface area (Å²) in [6, 6.07) is 0. The van der Waals surface area contributed by atoms with Gasteiger partial charge in [0.25, 0.3) is 0 Å². The lowest BCUT2D eigenvalue weighted by atomic mass is 8.68. The summed E-state index contributed by atoms with van der Waals surface area (Å²) in [7, 11) is 77.8. The summed E-state index contributed by atoms with van der Waals surface area (Å²) < 4.78 is 0. The van der Waals surface area contributed by atoms with E-state index < -0.39 is 38.6 Å². The quantitative estimate of drug-likeness (QED) is 0.147. The number of rotatable bonds is 10.